The Morgan fingerprint density at radius 2 is 2.22 bits per heavy atom. The maximum Gasteiger partial charge on any atom is 0.416 e. The van der Waals surface area contributed by atoms with Crippen LogP contribution in [0.3, 0.4) is 0 Å². The van der Waals surface area contributed by atoms with Gasteiger partial charge in [-0.3, -0.25) is 4.79 Å². The molecule has 18 heavy (non-hydrogen) atoms. The lowest BCUT2D eigenvalue weighted by atomic mass is 10.2. The molecule has 0 fully saturated rings. The first kappa shape index (κ1) is 14.0. The van der Waals surface area contributed by atoms with Crippen molar-refractivity contribution in [2.45, 2.75) is 19.5 Å². The number of nitrogens with zero attached hydrogens (tertiary/aromatic N) is 1. The molecule has 1 rings (SSSR count). The van der Waals surface area contributed by atoms with Gasteiger partial charge in [-0.1, -0.05) is 5.92 Å². The molecule has 1 aromatic heterocycles. The van der Waals surface area contributed by atoms with Crippen LogP contribution in [0.1, 0.15) is 24.6 Å². The van der Waals surface area contributed by atoms with Gasteiger partial charge >= 0.3 is 6.18 Å². The van der Waals surface area contributed by atoms with Crippen LogP contribution in [0.2, 0.25) is 0 Å². The number of aromatic nitrogens is 1. The minimum absolute atomic E-state index is 0.0626. The molecular formula is C12H11F3N2O. The van der Waals surface area contributed by atoms with Crippen LogP contribution in [0.25, 0.3) is 0 Å². The summed E-state index contributed by atoms with van der Waals surface area (Å²) in [6.45, 7) is 1.74. The van der Waals surface area contributed by atoms with Crippen molar-refractivity contribution in [3.8, 4) is 11.8 Å². The molecule has 1 amide bonds. The molecule has 96 valence electrons. The Balaban J connectivity index is 2.63. The topological polar surface area (TPSA) is 42.0 Å². The number of alkyl halides is 3. The normalized spacial score (nSPS) is 10.4. The molecule has 0 saturated carbocycles. The summed E-state index contributed by atoms with van der Waals surface area (Å²) in [5.74, 6) is 4.99. The predicted octanol–water partition coefficient (Wildman–Crippen LogP) is 1.98. The zero-order valence-electron chi connectivity index (χ0n) is 9.64. The molecule has 0 aliphatic rings. The molecule has 0 radical (unpaired) electrons. The summed E-state index contributed by atoms with van der Waals surface area (Å²) in [5.41, 5.74) is -0.712. The van der Waals surface area contributed by atoms with E-state index in [0.29, 0.717) is 13.0 Å². The van der Waals surface area contributed by atoms with E-state index in [9.17, 15) is 18.0 Å². The van der Waals surface area contributed by atoms with Gasteiger partial charge < -0.3 is 5.32 Å². The van der Waals surface area contributed by atoms with Gasteiger partial charge in [-0.05, 0) is 18.1 Å². The van der Waals surface area contributed by atoms with Gasteiger partial charge in [0.2, 0.25) is 5.91 Å². The zero-order chi connectivity index (χ0) is 13.6. The van der Waals surface area contributed by atoms with Gasteiger partial charge in [-0.2, -0.15) is 13.2 Å². The Morgan fingerprint density at radius 3 is 2.83 bits per heavy atom. The number of carbonyl (C=O) groups excluding carboxylic acids is 1. The lowest BCUT2D eigenvalue weighted by Crippen LogP contribution is -2.20. The quantitative estimate of drug-likeness (QED) is 0.649. The summed E-state index contributed by atoms with van der Waals surface area (Å²) in [6.07, 6.45) is -2.96. The summed E-state index contributed by atoms with van der Waals surface area (Å²) < 4.78 is 37.1. The van der Waals surface area contributed by atoms with E-state index < -0.39 is 11.7 Å². The minimum atomic E-state index is -4.39. The third-order valence-corrected chi connectivity index (χ3v) is 1.93. The number of nitrogens with one attached hydrogen (secondary N) is 1. The molecule has 3 nitrogen and oxygen atoms in total. The van der Waals surface area contributed by atoms with E-state index in [1.165, 1.54) is 6.92 Å². The summed E-state index contributed by atoms with van der Waals surface area (Å²) in [6, 6.07) is 1.79. The summed E-state index contributed by atoms with van der Waals surface area (Å²) in [4.78, 5) is 14.3. The fraction of sp³-hybridized carbons (Fsp3) is 0.333. The average Bonchev–Trinajstić information content (AvgIpc) is 2.27. The van der Waals surface area contributed by atoms with Crippen molar-refractivity contribution >= 4 is 5.91 Å². The van der Waals surface area contributed by atoms with E-state index in [-0.39, 0.29) is 11.6 Å². The third kappa shape index (κ3) is 4.87. The fourth-order valence-corrected chi connectivity index (χ4v) is 1.13. The molecule has 0 spiro atoms. The van der Waals surface area contributed by atoms with Crippen LogP contribution >= 0.6 is 0 Å². The summed E-state index contributed by atoms with van der Waals surface area (Å²) >= 11 is 0. The van der Waals surface area contributed by atoms with Crippen LogP contribution < -0.4 is 5.32 Å². The van der Waals surface area contributed by atoms with Crippen molar-refractivity contribution in [3.05, 3.63) is 29.6 Å². The molecule has 1 heterocycles. The van der Waals surface area contributed by atoms with Crippen LogP contribution in [0.15, 0.2) is 18.3 Å². The second-order valence-corrected chi connectivity index (χ2v) is 3.46. The Morgan fingerprint density at radius 1 is 1.50 bits per heavy atom. The first-order chi connectivity index (χ1) is 8.39. The van der Waals surface area contributed by atoms with Gasteiger partial charge in [0.15, 0.2) is 0 Å². The Bertz CT molecular complexity index is 486. The highest BCUT2D eigenvalue weighted by Crippen LogP contribution is 2.28. The molecule has 6 heteroatoms. The molecule has 1 N–H and O–H groups in total. The number of hydrogen-bond acceptors (Lipinski definition) is 2. The van der Waals surface area contributed by atoms with Gasteiger partial charge in [0.05, 0.1) is 5.56 Å². The van der Waals surface area contributed by atoms with Gasteiger partial charge in [0.25, 0.3) is 0 Å². The van der Waals surface area contributed by atoms with Crippen LogP contribution in [0.5, 0.6) is 0 Å². The zero-order valence-corrected chi connectivity index (χ0v) is 9.64. The molecule has 0 unspecified atom stereocenters. The van der Waals surface area contributed by atoms with Crippen molar-refractivity contribution in [3.63, 3.8) is 0 Å². The van der Waals surface area contributed by atoms with E-state index >= 15 is 0 Å². The van der Waals surface area contributed by atoms with Crippen molar-refractivity contribution in [2.24, 2.45) is 0 Å². The fourth-order valence-electron chi connectivity index (χ4n) is 1.13. The average molecular weight is 256 g/mol. The molecule has 0 atom stereocenters. The van der Waals surface area contributed by atoms with E-state index in [0.717, 1.165) is 18.3 Å². The van der Waals surface area contributed by atoms with Crippen molar-refractivity contribution in [1.82, 2.24) is 10.3 Å². The van der Waals surface area contributed by atoms with E-state index in [4.69, 9.17) is 0 Å². The third-order valence-electron chi connectivity index (χ3n) is 1.93. The second-order valence-electron chi connectivity index (χ2n) is 3.46. The monoisotopic (exact) mass is 256 g/mol. The molecular weight excluding hydrogens is 245 g/mol. The van der Waals surface area contributed by atoms with Gasteiger partial charge in [-0.25, -0.2) is 4.98 Å². The smallest absolute Gasteiger partial charge is 0.355 e. The molecule has 0 aliphatic carbocycles. The maximum atomic E-state index is 12.4. The molecule has 0 bridgehead atoms. The van der Waals surface area contributed by atoms with Crippen LogP contribution in [-0.2, 0) is 11.0 Å². The molecule has 0 aliphatic heterocycles. The molecule has 1 aromatic rings. The SMILES string of the molecule is CC(=O)NCCC#Cc1cc(C(F)(F)F)ccn1. The van der Waals surface area contributed by atoms with Crippen LogP contribution in [-0.4, -0.2) is 17.4 Å². The summed E-state index contributed by atoms with van der Waals surface area (Å²) in [7, 11) is 0. The van der Waals surface area contributed by atoms with E-state index in [1.54, 1.807) is 0 Å². The number of carbonyl (C=O) groups is 1. The Hall–Kier alpha value is -2.03. The van der Waals surface area contributed by atoms with Gasteiger partial charge in [-0.15, -0.1) is 0 Å². The van der Waals surface area contributed by atoms with Crippen LogP contribution in [0, 0.1) is 11.8 Å². The van der Waals surface area contributed by atoms with Gasteiger partial charge in [0, 0.05) is 26.1 Å². The number of amides is 1. The van der Waals surface area contributed by atoms with Gasteiger partial charge in [0.1, 0.15) is 5.69 Å². The van der Waals surface area contributed by atoms with E-state index in [2.05, 4.69) is 22.1 Å². The maximum absolute atomic E-state index is 12.4. The van der Waals surface area contributed by atoms with Crippen molar-refractivity contribution < 1.29 is 18.0 Å². The lowest BCUT2D eigenvalue weighted by molar-refractivity contribution is -0.137. The molecule has 0 saturated heterocycles. The van der Waals surface area contributed by atoms with E-state index in [1.807, 2.05) is 0 Å². The van der Waals surface area contributed by atoms with Crippen molar-refractivity contribution in [2.75, 3.05) is 6.54 Å². The number of rotatable bonds is 2. The number of halogens is 3. The Labute approximate surface area is 102 Å². The predicted molar refractivity (Wildman–Crippen MR) is 59.4 cm³/mol. The van der Waals surface area contributed by atoms with Crippen molar-refractivity contribution in [1.29, 1.82) is 0 Å². The van der Waals surface area contributed by atoms with Crippen LogP contribution in [0.4, 0.5) is 13.2 Å². The highest BCUT2D eigenvalue weighted by atomic mass is 19.4. The number of hydrogen-bond donors (Lipinski definition) is 1. The Kier molecular flexibility index (Phi) is 4.72. The minimum Gasteiger partial charge on any atom is -0.355 e. The largest absolute Gasteiger partial charge is 0.416 e. The standard InChI is InChI=1S/C12H11F3N2O/c1-9(18)16-6-3-2-4-11-8-10(5-7-17-11)12(13,14)15/h5,7-8H,3,6H2,1H3,(H,16,18). The number of pyridine rings is 1. The first-order valence-corrected chi connectivity index (χ1v) is 5.16. The summed E-state index contributed by atoms with van der Waals surface area (Å²) in [5, 5.41) is 2.53. The highest BCUT2D eigenvalue weighted by molar-refractivity contribution is 5.72. The first-order valence-electron chi connectivity index (χ1n) is 5.16. The highest BCUT2D eigenvalue weighted by Gasteiger charge is 2.30. The second kappa shape index (κ2) is 6.05. The molecule has 0 aromatic carbocycles. The lowest BCUT2D eigenvalue weighted by Gasteiger charge is -2.05.